The average molecular weight is 186 g/mol. The second-order valence-corrected chi connectivity index (χ2v) is 3.57. The van der Waals surface area contributed by atoms with Gasteiger partial charge in [-0.1, -0.05) is 25.1 Å². The zero-order valence-corrected chi connectivity index (χ0v) is 8.02. The van der Waals surface area contributed by atoms with Crippen molar-refractivity contribution >= 4 is 22.6 Å². The highest BCUT2D eigenvalue weighted by Crippen LogP contribution is 2.11. The van der Waals surface area contributed by atoms with Crippen LogP contribution in [0.15, 0.2) is 10.2 Å². The summed E-state index contributed by atoms with van der Waals surface area (Å²) in [6, 6.07) is 0. The van der Waals surface area contributed by atoms with E-state index in [9.17, 15) is 0 Å². The van der Waals surface area contributed by atoms with Gasteiger partial charge in [0.2, 0.25) is 0 Å². The summed E-state index contributed by atoms with van der Waals surface area (Å²) in [6.45, 7) is 2.17. The minimum Gasteiger partial charge on any atom is -0.301 e. The van der Waals surface area contributed by atoms with Crippen molar-refractivity contribution in [3.05, 3.63) is 0 Å². The molecule has 0 bridgehead atoms. The predicted octanol–water partition coefficient (Wildman–Crippen LogP) is 1.10. The first-order valence-electron chi connectivity index (χ1n) is 4.09. The van der Waals surface area contributed by atoms with Gasteiger partial charge in [0.15, 0.2) is 5.17 Å². The predicted molar refractivity (Wildman–Crippen MR) is 54.2 cm³/mol. The number of nitrogens with two attached hydrogens (primary N) is 1. The Morgan fingerprint density at radius 3 is 2.92 bits per heavy atom. The maximum absolute atomic E-state index is 5.18. The Hall–Kier alpha value is -0.550. The molecule has 0 fully saturated rings. The minimum absolute atomic E-state index is 0.704. The van der Waals surface area contributed by atoms with Gasteiger partial charge in [-0.2, -0.15) is 5.10 Å². The van der Waals surface area contributed by atoms with Crippen LogP contribution in [-0.2, 0) is 0 Å². The van der Waals surface area contributed by atoms with Crippen molar-refractivity contribution < 1.29 is 0 Å². The van der Waals surface area contributed by atoms with Crippen molar-refractivity contribution in [2.24, 2.45) is 16.0 Å². The van der Waals surface area contributed by atoms with Crippen LogP contribution in [0, 0.1) is 0 Å². The first-order chi connectivity index (χ1) is 5.86. The summed E-state index contributed by atoms with van der Waals surface area (Å²) >= 11 is 1.60. The Bertz CT molecular complexity index is 200. The standard InChI is InChI=1S/C7H14N4S/c1-2-3-4-6-5-12-7(9-8)11-10-6/h2-5,8H2,1H3,(H,9,11). The summed E-state index contributed by atoms with van der Waals surface area (Å²) < 4.78 is 0. The Morgan fingerprint density at radius 2 is 2.42 bits per heavy atom. The molecule has 0 aromatic heterocycles. The van der Waals surface area contributed by atoms with Gasteiger partial charge in [0.25, 0.3) is 0 Å². The largest absolute Gasteiger partial charge is 0.301 e. The van der Waals surface area contributed by atoms with Crippen LogP contribution in [0.4, 0.5) is 0 Å². The second-order valence-electron chi connectivity index (χ2n) is 2.61. The molecule has 0 aromatic rings. The molecule has 5 heteroatoms. The van der Waals surface area contributed by atoms with E-state index in [-0.39, 0.29) is 0 Å². The Kier molecular flexibility index (Phi) is 4.10. The van der Waals surface area contributed by atoms with Crippen molar-refractivity contribution in [2.75, 3.05) is 5.75 Å². The normalized spacial score (nSPS) is 16.8. The zero-order chi connectivity index (χ0) is 8.81. The van der Waals surface area contributed by atoms with Gasteiger partial charge in [-0.3, -0.25) is 0 Å². The Balaban J connectivity index is 2.37. The minimum atomic E-state index is 0.704. The Labute approximate surface area is 76.7 Å². The molecule has 4 nitrogen and oxygen atoms in total. The molecule has 0 radical (unpaired) electrons. The third kappa shape index (κ3) is 2.83. The SMILES string of the molecule is CCCCC1=NN=C(NN)SC1. The van der Waals surface area contributed by atoms with E-state index in [0.717, 1.165) is 12.2 Å². The number of hydrazine groups is 1. The molecule has 68 valence electrons. The maximum atomic E-state index is 5.18. The summed E-state index contributed by atoms with van der Waals surface area (Å²) in [6.07, 6.45) is 3.46. The zero-order valence-electron chi connectivity index (χ0n) is 7.21. The van der Waals surface area contributed by atoms with Gasteiger partial charge in [0.05, 0.1) is 5.71 Å². The lowest BCUT2D eigenvalue weighted by Gasteiger charge is -2.09. The molecule has 1 aliphatic rings. The van der Waals surface area contributed by atoms with E-state index in [1.54, 1.807) is 11.8 Å². The molecule has 0 spiro atoms. The lowest BCUT2D eigenvalue weighted by Crippen LogP contribution is -2.29. The lowest BCUT2D eigenvalue weighted by atomic mass is 10.2. The molecule has 0 atom stereocenters. The van der Waals surface area contributed by atoms with Gasteiger partial charge in [-0.25, -0.2) is 5.84 Å². The van der Waals surface area contributed by atoms with Crippen molar-refractivity contribution in [3.63, 3.8) is 0 Å². The van der Waals surface area contributed by atoms with Crippen LogP contribution in [0.1, 0.15) is 26.2 Å². The van der Waals surface area contributed by atoms with Crippen LogP contribution in [-0.4, -0.2) is 16.6 Å². The molecule has 1 rings (SSSR count). The molecule has 0 saturated heterocycles. The second kappa shape index (κ2) is 5.16. The molecule has 0 amide bonds. The molecule has 0 saturated carbocycles. The number of thioether (sulfide) groups is 1. The number of hydrogen-bond acceptors (Lipinski definition) is 5. The van der Waals surface area contributed by atoms with Crippen LogP contribution in [0.3, 0.4) is 0 Å². The van der Waals surface area contributed by atoms with Crippen LogP contribution >= 0.6 is 11.8 Å². The number of rotatable bonds is 3. The van der Waals surface area contributed by atoms with E-state index < -0.39 is 0 Å². The van der Waals surface area contributed by atoms with Gasteiger partial charge < -0.3 is 5.43 Å². The summed E-state index contributed by atoms with van der Waals surface area (Å²) in [5, 5.41) is 8.68. The highest BCUT2D eigenvalue weighted by molar-refractivity contribution is 8.14. The van der Waals surface area contributed by atoms with E-state index in [0.29, 0.717) is 5.17 Å². The first kappa shape index (κ1) is 9.54. The van der Waals surface area contributed by atoms with E-state index in [1.807, 2.05) is 0 Å². The fourth-order valence-corrected chi connectivity index (χ4v) is 1.59. The van der Waals surface area contributed by atoms with E-state index in [2.05, 4.69) is 22.6 Å². The summed E-state index contributed by atoms with van der Waals surface area (Å²) in [5.41, 5.74) is 3.65. The molecule has 1 heterocycles. The number of unbranched alkanes of at least 4 members (excludes halogenated alkanes) is 1. The number of amidine groups is 1. The van der Waals surface area contributed by atoms with Gasteiger partial charge in [-0.15, -0.1) is 5.10 Å². The van der Waals surface area contributed by atoms with Crippen LogP contribution < -0.4 is 11.3 Å². The van der Waals surface area contributed by atoms with Gasteiger partial charge in [-0.05, 0) is 12.8 Å². The van der Waals surface area contributed by atoms with Crippen molar-refractivity contribution in [1.29, 1.82) is 0 Å². The number of nitrogens with one attached hydrogen (secondary N) is 1. The van der Waals surface area contributed by atoms with Gasteiger partial charge in [0, 0.05) is 5.75 Å². The van der Waals surface area contributed by atoms with Crippen molar-refractivity contribution in [3.8, 4) is 0 Å². The lowest BCUT2D eigenvalue weighted by molar-refractivity contribution is 0.830. The summed E-state index contributed by atoms with van der Waals surface area (Å²) in [7, 11) is 0. The molecular weight excluding hydrogens is 172 g/mol. The third-order valence-electron chi connectivity index (χ3n) is 1.60. The fraction of sp³-hybridized carbons (Fsp3) is 0.714. The quantitative estimate of drug-likeness (QED) is 0.512. The molecule has 1 aliphatic heterocycles. The number of hydrogen-bond donors (Lipinski definition) is 2. The first-order valence-corrected chi connectivity index (χ1v) is 5.08. The highest BCUT2D eigenvalue weighted by Gasteiger charge is 2.08. The molecule has 0 aliphatic carbocycles. The maximum Gasteiger partial charge on any atom is 0.197 e. The monoisotopic (exact) mass is 186 g/mol. The third-order valence-corrected chi connectivity index (χ3v) is 2.55. The van der Waals surface area contributed by atoms with Crippen LogP contribution in [0.25, 0.3) is 0 Å². The number of nitrogens with zero attached hydrogens (tertiary/aromatic N) is 2. The highest BCUT2D eigenvalue weighted by atomic mass is 32.2. The molecule has 3 N–H and O–H groups in total. The van der Waals surface area contributed by atoms with E-state index in [4.69, 9.17) is 5.84 Å². The summed E-state index contributed by atoms with van der Waals surface area (Å²) in [4.78, 5) is 0. The van der Waals surface area contributed by atoms with Crippen LogP contribution in [0.2, 0.25) is 0 Å². The summed E-state index contributed by atoms with van der Waals surface area (Å²) in [5.74, 6) is 6.10. The van der Waals surface area contributed by atoms with Crippen LogP contribution in [0.5, 0.6) is 0 Å². The van der Waals surface area contributed by atoms with Gasteiger partial charge in [0.1, 0.15) is 0 Å². The smallest absolute Gasteiger partial charge is 0.197 e. The molecule has 12 heavy (non-hydrogen) atoms. The van der Waals surface area contributed by atoms with Gasteiger partial charge >= 0.3 is 0 Å². The topological polar surface area (TPSA) is 62.8 Å². The molecular formula is C7H14N4S. The van der Waals surface area contributed by atoms with E-state index >= 15 is 0 Å². The average Bonchev–Trinajstić information content (AvgIpc) is 2.15. The van der Waals surface area contributed by atoms with Crippen molar-refractivity contribution in [2.45, 2.75) is 26.2 Å². The molecule has 0 unspecified atom stereocenters. The van der Waals surface area contributed by atoms with Crippen molar-refractivity contribution in [1.82, 2.24) is 5.43 Å². The molecule has 0 aromatic carbocycles. The van der Waals surface area contributed by atoms with E-state index in [1.165, 1.54) is 18.6 Å². The Morgan fingerprint density at radius 1 is 1.58 bits per heavy atom. The fourth-order valence-electron chi connectivity index (χ4n) is 0.899.